The molecule has 4 rings (SSSR count). The zero-order valence-corrected chi connectivity index (χ0v) is 16.1. The number of likely N-dealkylation sites (tertiary alicyclic amines) is 2. The molecule has 0 unspecified atom stereocenters. The first-order chi connectivity index (χ1) is 13.6. The number of methoxy groups -OCH3 is 1. The maximum absolute atomic E-state index is 12.2. The first-order valence-electron chi connectivity index (χ1n) is 9.63. The molecule has 8 heteroatoms. The molecule has 0 spiro atoms. The molecule has 0 saturated carbocycles. The topological polar surface area (TPSA) is 91.9 Å². The fourth-order valence-electron chi connectivity index (χ4n) is 4.18. The molecule has 2 aromatic heterocycles. The zero-order chi connectivity index (χ0) is 19.6. The van der Waals surface area contributed by atoms with Crippen molar-refractivity contribution in [2.45, 2.75) is 25.0 Å². The van der Waals surface area contributed by atoms with Crippen LogP contribution in [0, 0.1) is 5.92 Å². The van der Waals surface area contributed by atoms with Crippen molar-refractivity contribution < 1.29 is 19.1 Å². The van der Waals surface area contributed by atoms with Crippen LogP contribution in [0.15, 0.2) is 35.2 Å². The van der Waals surface area contributed by atoms with Crippen molar-refractivity contribution in [1.82, 2.24) is 19.8 Å². The van der Waals surface area contributed by atoms with Crippen LogP contribution in [0.2, 0.25) is 0 Å². The largest absolute Gasteiger partial charge is 0.461 e. The van der Waals surface area contributed by atoms with Gasteiger partial charge in [-0.25, -0.2) is 9.97 Å². The molecule has 2 atom stereocenters. The smallest absolute Gasteiger partial charge is 0.248 e. The van der Waals surface area contributed by atoms with Gasteiger partial charge in [0.25, 0.3) is 0 Å². The number of amides is 1. The quantitative estimate of drug-likeness (QED) is 0.825. The van der Waals surface area contributed by atoms with Gasteiger partial charge in [-0.3, -0.25) is 9.69 Å². The van der Waals surface area contributed by atoms with Gasteiger partial charge in [-0.1, -0.05) is 0 Å². The number of nitrogens with zero attached hydrogens (tertiary/aromatic N) is 4. The summed E-state index contributed by atoms with van der Waals surface area (Å²) in [6, 6.07) is 3.65. The van der Waals surface area contributed by atoms with E-state index in [1.54, 1.807) is 6.26 Å². The van der Waals surface area contributed by atoms with Gasteiger partial charge in [-0.05, 0) is 25.0 Å². The standard InChI is InChI=1S/C20H26N4O4/c1-27-14-18(25)24-7-5-20(26)4-6-23(12-16(20)13-24)11-15-9-21-19(22-10-15)17-3-2-8-28-17/h2-3,8-10,16,26H,4-7,11-14H2,1H3/t16-,20-/m0/s1. The lowest BCUT2D eigenvalue weighted by Gasteiger charge is -2.50. The van der Waals surface area contributed by atoms with Gasteiger partial charge in [0, 0.05) is 63.7 Å². The van der Waals surface area contributed by atoms with Crippen LogP contribution in [0.3, 0.4) is 0 Å². The summed E-state index contributed by atoms with van der Waals surface area (Å²) in [6.07, 6.45) is 6.59. The first kappa shape index (κ1) is 19.0. The van der Waals surface area contributed by atoms with Crippen LogP contribution in [-0.4, -0.2) is 76.3 Å². The lowest BCUT2D eigenvalue weighted by molar-refractivity contribution is -0.150. The first-order valence-corrected chi connectivity index (χ1v) is 9.63. The summed E-state index contributed by atoms with van der Waals surface area (Å²) in [6.45, 7) is 3.54. The Kier molecular flexibility index (Phi) is 5.43. The van der Waals surface area contributed by atoms with Crippen LogP contribution in [0.5, 0.6) is 0 Å². The Labute approximate surface area is 164 Å². The Morgan fingerprint density at radius 3 is 2.82 bits per heavy atom. The van der Waals surface area contributed by atoms with Gasteiger partial charge in [0.2, 0.25) is 5.91 Å². The van der Waals surface area contributed by atoms with Crippen molar-refractivity contribution in [3.8, 4) is 11.6 Å². The molecule has 0 bridgehead atoms. The number of rotatable bonds is 5. The normalized spacial score (nSPS) is 25.5. The molecular formula is C20H26N4O4. The van der Waals surface area contributed by atoms with Gasteiger partial charge < -0.3 is 19.2 Å². The fourth-order valence-corrected chi connectivity index (χ4v) is 4.18. The molecule has 4 heterocycles. The maximum Gasteiger partial charge on any atom is 0.248 e. The lowest BCUT2D eigenvalue weighted by atomic mass is 9.75. The minimum absolute atomic E-state index is 0.0106. The Balaban J connectivity index is 1.38. The number of carbonyl (C=O) groups is 1. The molecule has 2 aliphatic heterocycles. The van der Waals surface area contributed by atoms with Gasteiger partial charge in [-0.15, -0.1) is 0 Å². The molecule has 8 nitrogen and oxygen atoms in total. The van der Waals surface area contributed by atoms with Crippen molar-refractivity contribution >= 4 is 5.91 Å². The van der Waals surface area contributed by atoms with Crippen molar-refractivity contribution in [1.29, 1.82) is 0 Å². The monoisotopic (exact) mass is 386 g/mol. The molecule has 28 heavy (non-hydrogen) atoms. The van der Waals surface area contributed by atoms with Crippen molar-refractivity contribution in [2.24, 2.45) is 5.92 Å². The highest BCUT2D eigenvalue weighted by molar-refractivity contribution is 5.77. The minimum Gasteiger partial charge on any atom is -0.461 e. The summed E-state index contributed by atoms with van der Waals surface area (Å²) < 4.78 is 10.3. The highest BCUT2D eigenvalue weighted by atomic mass is 16.5. The Bertz CT molecular complexity index is 795. The summed E-state index contributed by atoms with van der Waals surface area (Å²) in [5.41, 5.74) is 0.337. The molecule has 150 valence electrons. The average molecular weight is 386 g/mol. The van der Waals surface area contributed by atoms with Crippen LogP contribution < -0.4 is 0 Å². The molecule has 2 aromatic rings. The summed E-state index contributed by atoms with van der Waals surface area (Å²) in [7, 11) is 1.53. The van der Waals surface area contributed by atoms with E-state index in [1.165, 1.54) is 7.11 Å². The predicted octanol–water partition coefficient (Wildman–Crippen LogP) is 1.17. The number of aromatic nitrogens is 2. The average Bonchev–Trinajstić information content (AvgIpc) is 3.23. The van der Waals surface area contributed by atoms with Crippen molar-refractivity contribution in [2.75, 3.05) is 39.9 Å². The van der Waals surface area contributed by atoms with E-state index >= 15 is 0 Å². The summed E-state index contributed by atoms with van der Waals surface area (Å²) in [5, 5.41) is 11.0. The van der Waals surface area contributed by atoms with E-state index in [2.05, 4.69) is 14.9 Å². The third-order valence-corrected chi connectivity index (χ3v) is 5.83. The highest BCUT2D eigenvalue weighted by Crippen LogP contribution is 2.36. The fraction of sp³-hybridized carbons (Fsp3) is 0.550. The molecule has 2 saturated heterocycles. The van der Waals surface area contributed by atoms with E-state index in [1.807, 2.05) is 29.4 Å². The second kappa shape index (κ2) is 7.98. The van der Waals surface area contributed by atoms with Crippen LogP contribution in [-0.2, 0) is 16.1 Å². The van der Waals surface area contributed by atoms with Crippen molar-refractivity contribution in [3.63, 3.8) is 0 Å². The van der Waals surface area contributed by atoms with E-state index in [0.29, 0.717) is 31.1 Å². The van der Waals surface area contributed by atoms with Crippen molar-refractivity contribution in [3.05, 3.63) is 36.4 Å². The van der Waals surface area contributed by atoms with Crippen LogP contribution in [0.25, 0.3) is 11.6 Å². The molecule has 2 fully saturated rings. The number of ether oxygens (including phenoxy) is 1. The lowest BCUT2D eigenvalue weighted by Crippen LogP contribution is -2.60. The number of fused-ring (bicyclic) bond motifs is 1. The number of furan rings is 1. The Hall–Kier alpha value is -2.29. The van der Waals surface area contributed by atoms with Crippen LogP contribution in [0.1, 0.15) is 18.4 Å². The third-order valence-electron chi connectivity index (χ3n) is 5.83. The molecule has 1 N–H and O–H groups in total. The molecule has 0 radical (unpaired) electrons. The van der Waals surface area contributed by atoms with Crippen LogP contribution >= 0.6 is 0 Å². The number of piperidine rings is 2. The van der Waals surface area contributed by atoms with Gasteiger partial charge in [-0.2, -0.15) is 0 Å². The summed E-state index contributed by atoms with van der Waals surface area (Å²) in [4.78, 5) is 25.1. The Morgan fingerprint density at radius 1 is 1.32 bits per heavy atom. The Morgan fingerprint density at radius 2 is 2.11 bits per heavy atom. The van der Waals surface area contributed by atoms with E-state index in [0.717, 1.165) is 31.6 Å². The summed E-state index contributed by atoms with van der Waals surface area (Å²) in [5.74, 6) is 1.25. The van der Waals surface area contributed by atoms with Gasteiger partial charge >= 0.3 is 0 Å². The number of aliphatic hydroxyl groups is 1. The SMILES string of the molecule is COCC(=O)N1CC[C@@]2(O)CCN(Cc3cnc(-c4ccco4)nc3)C[C@H]2C1. The predicted molar refractivity (Wildman–Crippen MR) is 101 cm³/mol. The zero-order valence-electron chi connectivity index (χ0n) is 16.1. The minimum atomic E-state index is -0.681. The number of hydrogen-bond donors (Lipinski definition) is 1. The summed E-state index contributed by atoms with van der Waals surface area (Å²) >= 11 is 0. The second-order valence-corrected chi connectivity index (χ2v) is 7.70. The van der Waals surface area contributed by atoms with Gasteiger partial charge in [0.15, 0.2) is 11.6 Å². The second-order valence-electron chi connectivity index (χ2n) is 7.70. The highest BCUT2D eigenvalue weighted by Gasteiger charge is 2.45. The van der Waals surface area contributed by atoms with Gasteiger partial charge in [0.05, 0.1) is 11.9 Å². The third kappa shape index (κ3) is 3.94. The van der Waals surface area contributed by atoms with E-state index in [9.17, 15) is 9.90 Å². The molecule has 0 aliphatic carbocycles. The van der Waals surface area contributed by atoms with E-state index in [4.69, 9.17) is 9.15 Å². The van der Waals surface area contributed by atoms with E-state index < -0.39 is 5.60 Å². The van der Waals surface area contributed by atoms with Gasteiger partial charge in [0.1, 0.15) is 6.61 Å². The molecule has 2 aliphatic rings. The molecule has 1 amide bonds. The number of hydrogen-bond acceptors (Lipinski definition) is 7. The maximum atomic E-state index is 12.2. The molecular weight excluding hydrogens is 360 g/mol. The van der Waals surface area contributed by atoms with Crippen LogP contribution in [0.4, 0.5) is 0 Å². The molecule has 0 aromatic carbocycles. The number of carbonyl (C=O) groups excluding carboxylic acids is 1. The van der Waals surface area contributed by atoms with E-state index in [-0.39, 0.29) is 18.4 Å².